The predicted molar refractivity (Wildman–Crippen MR) is 102 cm³/mol. The van der Waals surface area contributed by atoms with Crippen LogP contribution in [0.2, 0.25) is 10.0 Å². The van der Waals surface area contributed by atoms with Crippen LogP contribution in [0.5, 0.6) is 5.75 Å². The van der Waals surface area contributed by atoms with Gasteiger partial charge in [-0.15, -0.1) is 11.3 Å². The van der Waals surface area contributed by atoms with Gasteiger partial charge in [-0.2, -0.15) is 11.3 Å². The Morgan fingerprint density at radius 1 is 1.12 bits per heavy atom. The van der Waals surface area contributed by atoms with Gasteiger partial charge in [0.05, 0.1) is 22.2 Å². The molecule has 2 heterocycles. The highest BCUT2D eigenvalue weighted by molar-refractivity contribution is 7.14. The highest BCUT2D eigenvalue weighted by Gasteiger charge is 2.11. The molecule has 4 nitrogen and oxygen atoms in total. The Morgan fingerprint density at radius 2 is 1.92 bits per heavy atom. The molecule has 0 aliphatic rings. The fraction of sp³-hybridized carbons (Fsp3) is 0.176. The van der Waals surface area contributed by atoms with Crippen LogP contribution in [-0.2, 0) is 16.0 Å². The summed E-state index contributed by atoms with van der Waals surface area (Å²) in [6.07, 6.45) is 0.132. The van der Waals surface area contributed by atoms with Gasteiger partial charge in [-0.1, -0.05) is 29.3 Å². The number of halogens is 2. The van der Waals surface area contributed by atoms with Crippen LogP contribution in [0.15, 0.2) is 40.4 Å². The maximum atomic E-state index is 11.9. The van der Waals surface area contributed by atoms with E-state index in [1.165, 1.54) is 11.3 Å². The summed E-state index contributed by atoms with van der Waals surface area (Å²) in [5, 5.41) is 7.63. The smallest absolute Gasteiger partial charge is 0.312 e. The molecule has 3 rings (SSSR count). The van der Waals surface area contributed by atoms with Gasteiger partial charge in [0, 0.05) is 16.3 Å². The fourth-order valence-corrected chi connectivity index (χ4v) is 4.06. The summed E-state index contributed by atoms with van der Waals surface area (Å²) in [4.78, 5) is 16.3. The van der Waals surface area contributed by atoms with E-state index in [0.717, 1.165) is 10.6 Å². The third-order valence-electron chi connectivity index (χ3n) is 3.16. The Kier molecular flexibility index (Phi) is 6.31. The number of esters is 1. The standard InChI is InChI=1S/C17H13Cl2NO3S2/c18-13-2-1-3-14(19)16(13)23-6-5-22-15(21)8-12-10-25-17(20-12)11-4-7-24-9-11/h1-4,7,9-10H,5-6,8H2. The fourth-order valence-electron chi connectivity index (χ4n) is 2.03. The third kappa shape index (κ3) is 4.95. The van der Waals surface area contributed by atoms with E-state index in [2.05, 4.69) is 4.98 Å². The molecule has 0 unspecified atom stereocenters. The first-order chi connectivity index (χ1) is 12.1. The van der Waals surface area contributed by atoms with Crippen molar-refractivity contribution in [2.75, 3.05) is 13.2 Å². The van der Waals surface area contributed by atoms with Gasteiger partial charge in [-0.05, 0) is 23.6 Å². The average Bonchev–Trinajstić information content (AvgIpc) is 3.25. The van der Waals surface area contributed by atoms with Crippen LogP contribution in [0.4, 0.5) is 0 Å². The lowest BCUT2D eigenvalue weighted by atomic mass is 10.3. The molecule has 0 spiro atoms. The molecule has 0 atom stereocenters. The Labute approximate surface area is 163 Å². The first kappa shape index (κ1) is 18.2. The summed E-state index contributed by atoms with van der Waals surface area (Å²) in [6.45, 7) is 0.286. The average molecular weight is 414 g/mol. The molecule has 3 aromatic rings. The molecule has 1 aromatic carbocycles. The first-order valence-electron chi connectivity index (χ1n) is 7.33. The van der Waals surface area contributed by atoms with Crippen molar-refractivity contribution in [1.82, 2.24) is 4.98 Å². The quantitative estimate of drug-likeness (QED) is 0.387. The number of para-hydroxylation sites is 1. The van der Waals surface area contributed by atoms with Crippen LogP contribution in [0.1, 0.15) is 5.69 Å². The molecule has 0 aliphatic heterocycles. The lowest BCUT2D eigenvalue weighted by Gasteiger charge is -2.09. The Balaban J connectivity index is 1.44. The number of hydrogen-bond donors (Lipinski definition) is 0. The van der Waals surface area contributed by atoms with Gasteiger partial charge in [0.25, 0.3) is 0 Å². The van der Waals surface area contributed by atoms with Crippen molar-refractivity contribution in [2.45, 2.75) is 6.42 Å². The molecule has 0 aliphatic carbocycles. The van der Waals surface area contributed by atoms with Crippen LogP contribution < -0.4 is 4.74 Å². The molecule has 0 fully saturated rings. The highest BCUT2D eigenvalue weighted by atomic mass is 35.5. The van der Waals surface area contributed by atoms with Crippen LogP contribution in [0, 0.1) is 0 Å². The molecule has 0 saturated carbocycles. The van der Waals surface area contributed by atoms with Gasteiger partial charge in [-0.25, -0.2) is 4.98 Å². The number of thiazole rings is 1. The summed E-state index contributed by atoms with van der Waals surface area (Å²) < 4.78 is 10.6. The molecule has 0 amide bonds. The van der Waals surface area contributed by atoms with E-state index in [0.29, 0.717) is 21.5 Å². The Bertz CT molecular complexity index is 829. The topological polar surface area (TPSA) is 48.4 Å². The van der Waals surface area contributed by atoms with Crippen LogP contribution in [0.3, 0.4) is 0 Å². The zero-order chi connectivity index (χ0) is 17.6. The minimum Gasteiger partial charge on any atom is -0.487 e. The summed E-state index contributed by atoms with van der Waals surface area (Å²) in [5.74, 6) is 0.0396. The minimum atomic E-state index is -0.351. The number of thiophene rings is 1. The molecule has 8 heteroatoms. The molecule has 0 N–H and O–H groups in total. The van der Waals surface area contributed by atoms with E-state index in [1.54, 1.807) is 29.5 Å². The molecule has 25 heavy (non-hydrogen) atoms. The second-order valence-corrected chi connectivity index (χ2v) is 7.41. The van der Waals surface area contributed by atoms with Crippen molar-refractivity contribution in [2.24, 2.45) is 0 Å². The maximum Gasteiger partial charge on any atom is 0.312 e. The SMILES string of the molecule is O=C(Cc1csc(-c2ccsc2)n1)OCCOc1c(Cl)cccc1Cl. The van der Waals surface area contributed by atoms with E-state index in [-0.39, 0.29) is 25.6 Å². The summed E-state index contributed by atoms with van der Waals surface area (Å²) >= 11 is 15.1. The van der Waals surface area contributed by atoms with E-state index >= 15 is 0 Å². The van der Waals surface area contributed by atoms with Crippen molar-refractivity contribution in [1.29, 1.82) is 0 Å². The molecule has 0 radical (unpaired) electrons. The van der Waals surface area contributed by atoms with Gasteiger partial charge < -0.3 is 9.47 Å². The molecule has 2 aromatic heterocycles. The number of carbonyl (C=O) groups excluding carboxylic acids is 1. The Morgan fingerprint density at radius 3 is 2.64 bits per heavy atom. The second kappa shape index (κ2) is 8.67. The van der Waals surface area contributed by atoms with Gasteiger partial charge >= 0.3 is 5.97 Å². The van der Waals surface area contributed by atoms with Crippen molar-refractivity contribution in [3.05, 3.63) is 56.1 Å². The van der Waals surface area contributed by atoms with Crippen molar-refractivity contribution in [3.63, 3.8) is 0 Å². The van der Waals surface area contributed by atoms with Gasteiger partial charge in [0.2, 0.25) is 0 Å². The largest absolute Gasteiger partial charge is 0.487 e. The maximum absolute atomic E-state index is 11.9. The number of benzene rings is 1. The zero-order valence-electron chi connectivity index (χ0n) is 12.9. The highest BCUT2D eigenvalue weighted by Crippen LogP contribution is 2.32. The lowest BCUT2D eigenvalue weighted by Crippen LogP contribution is -2.14. The van der Waals surface area contributed by atoms with E-state index in [9.17, 15) is 4.79 Å². The number of carbonyl (C=O) groups is 1. The zero-order valence-corrected chi connectivity index (χ0v) is 16.1. The van der Waals surface area contributed by atoms with E-state index in [1.807, 2.05) is 22.2 Å². The number of ether oxygens (including phenoxy) is 2. The van der Waals surface area contributed by atoms with Crippen LogP contribution in [-0.4, -0.2) is 24.2 Å². The van der Waals surface area contributed by atoms with E-state index < -0.39 is 0 Å². The Hall–Kier alpha value is -1.60. The van der Waals surface area contributed by atoms with Gasteiger partial charge in [0.1, 0.15) is 18.2 Å². The van der Waals surface area contributed by atoms with Gasteiger partial charge in [-0.3, -0.25) is 4.79 Å². The summed E-state index contributed by atoms with van der Waals surface area (Å²) in [6, 6.07) is 7.10. The number of hydrogen-bond acceptors (Lipinski definition) is 6. The van der Waals surface area contributed by atoms with Crippen molar-refractivity contribution in [3.8, 4) is 16.3 Å². The molecule has 130 valence electrons. The monoisotopic (exact) mass is 413 g/mol. The number of rotatable bonds is 7. The van der Waals surface area contributed by atoms with E-state index in [4.69, 9.17) is 32.7 Å². The number of nitrogens with zero attached hydrogens (tertiary/aromatic N) is 1. The van der Waals surface area contributed by atoms with Crippen molar-refractivity contribution >= 4 is 51.8 Å². The van der Waals surface area contributed by atoms with Gasteiger partial charge in [0.15, 0.2) is 5.75 Å². The predicted octanol–water partition coefficient (Wildman–Crippen LogP) is 5.34. The molecule has 0 saturated heterocycles. The third-order valence-corrected chi connectivity index (χ3v) is 5.38. The lowest BCUT2D eigenvalue weighted by molar-refractivity contribution is -0.143. The van der Waals surface area contributed by atoms with Crippen LogP contribution >= 0.6 is 45.9 Å². The van der Waals surface area contributed by atoms with Crippen molar-refractivity contribution < 1.29 is 14.3 Å². The molecular formula is C17H13Cl2NO3S2. The second-order valence-electron chi connectivity index (χ2n) is 4.95. The summed E-state index contributed by atoms with van der Waals surface area (Å²) in [7, 11) is 0. The molecular weight excluding hydrogens is 401 g/mol. The summed E-state index contributed by atoms with van der Waals surface area (Å²) in [5.41, 5.74) is 1.77. The molecule has 0 bridgehead atoms. The van der Waals surface area contributed by atoms with Crippen LogP contribution in [0.25, 0.3) is 10.6 Å². The first-order valence-corrected chi connectivity index (χ1v) is 9.91. The number of aromatic nitrogens is 1. The minimum absolute atomic E-state index is 0.113. The normalized spacial score (nSPS) is 10.6.